The number of halogens is 1. The molecule has 9 nitrogen and oxygen atoms in total. The van der Waals surface area contributed by atoms with Gasteiger partial charge in [0.1, 0.15) is 17.1 Å². The highest BCUT2D eigenvalue weighted by Gasteiger charge is 2.42. The highest BCUT2D eigenvalue weighted by molar-refractivity contribution is 6.34. The number of carbonyl (C=O) groups excluding carboxylic acids is 1. The lowest BCUT2D eigenvalue weighted by Crippen LogP contribution is -2.59. The van der Waals surface area contributed by atoms with Crippen LogP contribution in [-0.2, 0) is 4.74 Å². The molecule has 1 aliphatic carbocycles. The summed E-state index contributed by atoms with van der Waals surface area (Å²) in [5, 5.41) is 25.3. The van der Waals surface area contributed by atoms with Gasteiger partial charge in [-0.1, -0.05) is 77.7 Å². The van der Waals surface area contributed by atoms with Crippen LogP contribution in [0, 0.1) is 5.92 Å². The zero-order valence-electron chi connectivity index (χ0n) is 33.1. The number of fused-ring (bicyclic) bond motifs is 2. The molecule has 0 bridgehead atoms. The summed E-state index contributed by atoms with van der Waals surface area (Å²) in [5.41, 5.74) is 10.3. The van der Waals surface area contributed by atoms with Crippen LogP contribution in [0.15, 0.2) is 114 Å². The Hall–Kier alpha value is -4.98. The predicted molar refractivity (Wildman–Crippen MR) is 226 cm³/mol. The molecule has 4 aromatic carbocycles. The van der Waals surface area contributed by atoms with E-state index in [2.05, 4.69) is 56.5 Å². The number of rotatable bonds is 9. The van der Waals surface area contributed by atoms with Crippen LogP contribution in [0.5, 0.6) is 11.5 Å². The number of phenols is 1. The first-order chi connectivity index (χ1) is 27.4. The maximum Gasteiger partial charge on any atom is 0.410 e. The molecular formula is C47H51ClN4O5. The van der Waals surface area contributed by atoms with Crippen molar-refractivity contribution in [2.24, 2.45) is 5.92 Å². The highest BCUT2D eigenvalue weighted by atomic mass is 35.5. The first-order valence-electron chi connectivity index (χ1n) is 19.9. The lowest BCUT2D eigenvalue weighted by Gasteiger charge is -2.49. The second-order valence-corrected chi connectivity index (χ2v) is 17.2. The van der Waals surface area contributed by atoms with Crippen molar-refractivity contribution in [3.05, 3.63) is 125 Å². The molecular weight excluding hydrogens is 736 g/mol. The third-order valence-corrected chi connectivity index (χ3v) is 11.9. The third kappa shape index (κ3) is 8.37. The van der Waals surface area contributed by atoms with Crippen molar-refractivity contribution in [2.45, 2.75) is 63.6 Å². The summed E-state index contributed by atoms with van der Waals surface area (Å²) in [5.74, 6) is 1.08. The van der Waals surface area contributed by atoms with Crippen LogP contribution in [0.4, 0.5) is 10.5 Å². The third-order valence-electron chi connectivity index (χ3n) is 11.6. The number of allylic oxidation sites excluding steroid dienone is 2. The number of benzene rings is 4. The molecule has 3 atom stereocenters. The fourth-order valence-corrected chi connectivity index (χ4v) is 8.97. The van der Waals surface area contributed by atoms with E-state index in [1.807, 2.05) is 82.4 Å². The number of aliphatic hydroxyl groups is 1. The number of nitrogens with zero attached hydrogens (tertiary/aromatic N) is 4. The van der Waals surface area contributed by atoms with Gasteiger partial charge in [-0.2, -0.15) is 0 Å². The van der Waals surface area contributed by atoms with Gasteiger partial charge in [0, 0.05) is 63.8 Å². The number of carbonyl (C=O) groups is 1. The molecule has 0 radical (unpaired) electrons. The van der Waals surface area contributed by atoms with Gasteiger partial charge in [0.25, 0.3) is 0 Å². The minimum Gasteiger partial charge on any atom is -0.508 e. The molecule has 57 heavy (non-hydrogen) atoms. The van der Waals surface area contributed by atoms with E-state index in [1.54, 1.807) is 17.0 Å². The van der Waals surface area contributed by atoms with E-state index < -0.39 is 17.9 Å². The zero-order valence-corrected chi connectivity index (χ0v) is 33.8. The highest BCUT2D eigenvalue weighted by Crippen LogP contribution is 2.46. The van der Waals surface area contributed by atoms with Crippen molar-refractivity contribution in [3.63, 3.8) is 0 Å². The van der Waals surface area contributed by atoms with Gasteiger partial charge in [-0.05, 0) is 104 Å². The Bertz CT molecular complexity index is 2260. The van der Waals surface area contributed by atoms with Gasteiger partial charge < -0.3 is 29.5 Å². The van der Waals surface area contributed by atoms with Gasteiger partial charge in [0.15, 0.2) is 12.3 Å². The number of amides is 1. The normalized spacial score (nSPS) is 20.8. The topological polar surface area (TPSA) is 89.0 Å². The molecule has 2 N–H and O–H groups in total. The number of aromatic hydroxyl groups is 1. The molecule has 0 spiro atoms. The van der Waals surface area contributed by atoms with Crippen molar-refractivity contribution in [3.8, 4) is 22.6 Å². The number of aliphatic hydroxyl groups excluding tert-OH is 1. The molecule has 296 valence electrons. The van der Waals surface area contributed by atoms with E-state index in [-0.39, 0.29) is 29.8 Å². The van der Waals surface area contributed by atoms with E-state index in [1.165, 1.54) is 11.1 Å². The number of anilines is 1. The van der Waals surface area contributed by atoms with E-state index in [0.29, 0.717) is 23.9 Å². The second-order valence-electron chi connectivity index (χ2n) is 16.8. The van der Waals surface area contributed by atoms with E-state index in [9.17, 15) is 15.0 Å². The van der Waals surface area contributed by atoms with Crippen LogP contribution in [-0.4, -0.2) is 101 Å². The fraction of sp³-hybridized carbons (Fsp3) is 0.383. The predicted octanol–water partition coefficient (Wildman–Crippen LogP) is 8.56. The van der Waals surface area contributed by atoms with Gasteiger partial charge in [-0.25, -0.2) is 4.79 Å². The molecule has 3 unspecified atom stereocenters. The Kier molecular flexibility index (Phi) is 11.0. The summed E-state index contributed by atoms with van der Waals surface area (Å²) in [6.45, 7) is 9.99. The van der Waals surface area contributed by atoms with Crippen molar-refractivity contribution in [1.82, 2.24) is 14.7 Å². The maximum atomic E-state index is 12.8. The van der Waals surface area contributed by atoms with Gasteiger partial charge in [-0.15, -0.1) is 0 Å². The first kappa shape index (κ1) is 38.9. The van der Waals surface area contributed by atoms with Gasteiger partial charge in [0.05, 0.1) is 16.8 Å². The number of likely N-dealkylation sites (tertiary alicyclic amines) is 2. The fourth-order valence-electron chi connectivity index (χ4n) is 8.71. The van der Waals surface area contributed by atoms with Crippen LogP contribution in [0.2, 0.25) is 5.02 Å². The van der Waals surface area contributed by atoms with Crippen molar-refractivity contribution < 1.29 is 24.5 Å². The molecule has 8 rings (SSSR count). The maximum absolute atomic E-state index is 12.8. The number of hydrogen-bond donors (Lipinski definition) is 2. The van der Waals surface area contributed by atoms with E-state index in [0.717, 1.165) is 66.6 Å². The monoisotopic (exact) mass is 786 g/mol. The number of piperidine rings is 1. The molecule has 3 aliphatic heterocycles. The quantitative estimate of drug-likeness (QED) is 0.163. The summed E-state index contributed by atoms with van der Waals surface area (Å²) < 4.78 is 12.4. The number of phenolic OH excluding ortho intramolecular Hbond substituents is 1. The summed E-state index contributed by atoms with van der Waals surface area (Å²) in [4.78, 5) is 21.4. The zero-order chi connectivity index (χ0) is 39.8. The molecule has 2 saturated heterocycles. The Morgan fingerprint density at radius 3 is 2.44 bits per heavy atom. The number of ether oxygens (including phenoxy) is 2. The number of hydrogen-bond acceptors (Lipinski definition) is 8. The van der Waals surface area contributed by atoms with Crippen LogP contribution in [0.1, 0.15) is 45.2 Å². The SMILES string of the molecule is CN(C(=O)OC(C)(C)C)C1CCN(CC2Oc3cc(-c4cc(O)cc5ccccc45)c(Cl)cc3N(CC3CN(C(C4=CC=C=C=C4)c4ccccc4)C3)C2O)CC1. The van der Waals surface area contributed by atoms with Crippen LogP contribution >= 0.6 is 11.6 Å². The standard InChI is InChI=1S/C47H51ClN4O5/c1-47(2,3)57-46(55)49(4)35-19-21-50(22-20-35)30-43-45(54)52(29-31-27-51(28-31)44(32-13-7-5-8-14-32)33-15-9-6-10-16-33)41-26-40(48)39(25-42(41)56-43)38-24-36(53)23-34-17-11-12-18-37(34)38/h5,7-9,11-18,23-26,31,35,43-45,53-54H,19-22,27-30H2,1-4H3. The molecule has 3 heterocycles. The van der Waals surface area contributed by atoms with Gasteiger partial charge in [-0.3, -0.25) is 9.80 Å². The van der Waals surface area contributed by atoms with Crippen LogP contribution in [0.3, 0.4) is 0 Å². The first-order valence-corrected chi connectivity index (χ1v) is 20.3. The van der Waals surface area contributed by atoms with Crippen LogP contribution in [0.25, 0.3) is 21.9 Å². The lowest BCUT2D eigenvalue weighted by atomic mass is 9.88. The van der Waals surface area contributed by atoms with E-state index in [4.69, 9.17) is 21.1 Å². The molecule has 0 aromatic heterocycles. The Morgan fingerprint density at radius 2 is 1.72 bits per heavy atom. The molecule has 10 heteroatoms. The molecule has 0 saturated carbocycles. The van der Waals surface area contributed by atoms with E-state index >= 15 is 0 Å². The Labute approximate surface area is 340 Å². The van der Waals surface area contributed by atoms with Gasteiger partial charge >= 0.3 is 6.09 Å². The summed E-state index contributed by atoms with van der Waals surface area (Å²) >= 11 is 7.13. The summed E-state index contributed by atoms with van der Waals surface area (Å²) in [6, 6.07) is 26.0. The summed E-state index contributed by atoms with van der Waals surface area (Å²) in [6.07, 6.45) is 5.87. The molecule has 2 fully saturated rings. The molecule has 1 amide bonds. The van der Waals surface area contributed by atoms with Gasteiger partial charge in [0.2, 0.25) is 0 Å². The second kappa shape index (κ2) is 16.1. The average molecular weight is 787 g/mol. The lowest BCUT2D eigenvalue weighted by molar-refractivity contribution is -0.0158. The molecule has 4 aliphatic rings. The van der Waals surface area contributed by atoms with Crippen molar-refractivity contribution in [2.75, 3.05) is 51.2 Å². The average Bonchev–Trinajstić information content (AvgIpc) is 3.18. The minimum absolute atomic E-state index is 0.0699. The minimum atomic E-state index is -0.915. The Morgan fingerprint density at radius 1 is 0.982 bits per heavy atom. The van der Waals surface area contributed by atoms with Crippen molar-refractivity contribution >= 4 is 34.2 Å². The summed E-state index contributed by atoms with van der Waals surface area (Å²) in [7, 11) is 1.82. The van der Waals surface area contributed by atoms with Crippen LogP contribution < -0.4 is 9.64 Å². The smallest absolute Gasteiger partial charge is 0.410 e. The van der Waals surface area contributed by atoms with Crippen molar-refractivity contribution in [1.29, 1.82) is 0 Å². The molecule has 4 aromatic rings. The Balaban J connectivity index is 1.05. The largest absolute Gasteiger partial charge is 0.508 e.